The number of para-hydroxylation sites is 1. The quantitative estimate of drug-likeness (QED) is 0.393. The van der Waals surface area contributed by atoms with Crippen LogP contribution in [-0.2, 0) is 11.3 Å². The minimum absolute atomic E-state index is 0.0218. The van der Waals surface area contributed by atoms with Crippen molar-refractivity contribution in [1.82, 2.24) is 4.57 Å². The van der Waals surface area contributed by atoms with Crippen LogP contribution in [0.3, 0.4) is 0 Å². The minimum atomic E-state index is -0.459. The maximum Gasteiger partial charge on any atom is 0.266 e. The Hall–Kier alpha value is -3.28. The highest BCUT2D eigenvalue weighted by atomic mass is 79.9. The van der Waals surface area contributed by atoms with Gasteiger partial charge in [0, 0.05) is 32.8 Å². The second-order valence-electron chi connectivity index (χ2n) is 5.57. The summed E-state index contributed by atoms with van der Waals surface area (Å²) in [4.78, 5) is 12.5. The van der Waals surface area contributed by atoms with E-state index in [1.54, 1.807) is 18.2 Å². The van der Waals surface area contributed by atoms with Crippen molar-refractivity contribution in [2.75, 3.05) is 5.32 Å². The van der Waals surface area contributed by atoms with E-state index in [4.69, 9.17) is 6.42 Å². The molecule has 0 aliphatic rings. The van der Waals surface area contributed by atoms with E-state index in [1.807, 2.05) is 53.2 Å². The van der Waals surface area contributed by atoms with Crippen molar-refractivity contribution in [3.63, 3.8) is 0 Å². The van der Waals surface area contributed by atoms with E-state index < -0.39 is 5.91 Å². The maximum absolute atomic E-state index is 12.5. The molecule has 2 aromatic carbocycles. The number of aromatic nitrogens is 1. The Morgan fingerprint density at radius 2 is 2.08 bits per heavy atom. The molecule has 1 amide bonds. The summed E-state index contributed by atoms with van der Waals surface area (Å²) in [5, 5.41) is 13.1. The van der Waals surface area contributed by atoms with Crippen LogP contribution in [0.1, 0.15) is 5.56 Å². The lowest BCUT2D eigenvalue weighted by Crippen LogP contribution is -2.13. The standard InChI is InChI=1S/C21H14BrN3O/c1-2-10-25-14-16(19-8-3-4-9-20(19)25)11-15(13-23)21(26)24-18-7-5-6-17(22)12-18/h1,3-9,11-12,14H,10H2,(H,24,26)/b15-11-. The van der Waals surface area contributed by atoms with Gasteiger partial charge in [-0.25, -0.2) is 0 Å². The fourth-order valence-corrected chi connectivity index (χ4v) is 3.09. The number of nitrogens with one attached hydrogen (secondary N) is 1. The second-order valence-corrected chi connectivity index (χ2v) is 6.48. The highest BCUT2D eigenvalue weighted by molar-refractivity contribution is 9.10. The Morgan fingerprint density at radius 1 is 1.27 bits per heavy atom. The molecule has 0 aliphatic carbocycles. The van der Waals surface area contributed by atoms with Crippen LogP contribution in [0, 0.1) is 23.7 Å². The van der Waals surface area contributed by atoms with Crippen LogP contribution in [0.15, 0.2) is 64.8 Å². The molecule has 126 valence electrons. The SMILES string of the molecule is C#CCn1cc(/C=C(/C#N)C(=O)Nc2cccc(Br)c2)c2ccccc21. The third-order valence-electron chi connectivity index (χ3n) is 3.83. The zero-order valence-electron chi connectivity index (χ0n) is 13.7. The molecule has 26 heavy (non-hydrogen) atoms. The number of nitrogens with zero attached hydrogens (tertiary/aromatic N) is 2. The Kier molecular flexibility index (Phi) is 5.22. The highest BCUT2D eigenvalue weighted by Gasteiger charge is 2.12. The average Bonchev–Trinajstić information content (AvgIpc) is 2.98. The van der Waals surface area contributed by atoms with Gasteiger partial charge in [0.1, 0.15) is 11.6 Å². The number of anilines is 1. The first-order chi connectivity index (χ1) is 12.6. The van der Waals surface area contributed by atoms with Gasteiger partial charge >= 0.3 is 0 Å². The topological polar surface area (TPSA) is 57.8 Å². The fourth-order valence-electron chi connectivity index (χ4n) is 2.69. The van der Waals surface area contributed by atoms with Gasteiger partial charge in [-0.2, -0.15) is 5.26 Å². The number of hydrogen-bond acceptors (Lipinski definition) is 2. The summed E-state index contributed by atoms with van der Waals surface area (Å²) < 4.78 is 2.76. The first-order valence-electron chi connectivity index (χ1n) is 7.82. The first kappa shape index (κ1) is 17.5. The Balaban J connectivity index is 1.97. The van der Waals surface area contributed by atoms with Crippen molar-refractivity contribution in [2.45, 2.75) is 6.54 Å². The number of hydrogen-bond donors (Lipinski definition) is 1. The lowest BCUT2D eigenvalue weighted by Gasteiger charge is -2.04. The molecule has 0 atom stereocenters. The van der Waals surface area contributed by atoms with Gasteiger partial charge in [-0.1, -0.05) is 46.1 Å². The molecule has 0 fully saturated rings. The van der Waals surface area contributed by atoms with Crippen LogP contribution >= 0.6 is 15.9 Å². The van der Waals surface area contributed by atoms with Crippen molar-refractivity contribution in [2.24, 2.45) is 0 Å². The summed E-state index contributed by atoms with van der Waals surface area (Å²) in [6.45, 7) is 0.417. The number of terminal acetylenes is 1. The van der Waals surface area contributed by atoms with Crippen molar-refractivity contribution in [3.05, 3.63) is 70.3 Å². The van der Waals surface area contributed by atoms with Crippen LogP contribution in [0.2, 0.25) is 0 Å². The molecule has 4 nitrogen and oxygen atoms in total. The summed E-state index contributed by atoms with van der Waals surface area (Å²) in [5.74, 6) is 2.15. The monoisotopic (exact) mass is 403 g/mol. The van der Waals surface area contributed by atoms with E-state index in [1.165, 1.54) is 0 Å². The molecular formula is C21H14BrN3O. The van der Waals surface area contributed by atoms with Gasteiger partial charge in [0.2, 0.25) is 0 Å². The smallest absolute Gasteiger partial charge is 0.266 e. The Labute approximate surface area is 159 Å². The predicted octanol–water partition coefficient (Wildman–Crippen LogP) is 4.58. The largest absolute Gasteiger partial charge is 0.335 e. The number of carbonyl (C=O) groups excluding carboxylic acids is 1. The number of halogens is 1. The molecule has 3 aromatic rings. The summed E-state index contributed by atoms with van der Waals surface area (Å²) >= 11 is 3.35. The molecule has 0 saturated heterocycles. The van der Waals surface area contributed by atoms with E-state index >= 15 is 0 Å². The van der Waals surface area contributed by atoms with Gasteiger partial charge in [0.25, 0.3) is 5.91 Å². The predicted molar refractivity (Wildman–Crippen MR) is 107 cm³/mol. The molecule has 0 unspecified atom stereocenters. The van der Waals surface area contributed by atoms with Crippen molar-refractivity contribution < 1.29 is 4.79 Å². The van der Waals surface area contributed by atoms with Gasteiger partial charge in [0.15, 0.2) is 0 Å². The fraction of sp³-hybridized carbons (Fsp3) is 0.0476. The number of carbonyl (C=O) groups is 1. The van der Waals surface area contributed by atoms with E-state index in [-0.39, 0.29) is 5.57 Å². The average molecular weight is 404 g/mol. The maximum atomic E-state index is 12.5. The molecule has 0 aliphatic heterocycles. The summed E-state index contributed by atoms with van der Waals surface area (Å²) in [7, 11) is 0. The Bertz CT molecular complexity index is 1100. The highest BCUT2D eigenvalue weighted by Crippen LogP contribution is 2.24. The van der Waals surface area contributed by atoms with Crippen molar-refractivity contribution in [3.8, 4) is 18.4 Å². The lowest BCUT2D eigenvalue weighted by atomic mass is 10.1. The molecule has 0 spiro atoms. The molecule has 3 rings (SSSR count). The third kappa shape index (κ3) is 3.69. The van der Waals surface area contributed by atoms with Crippen LogP contribution in [0.4, 0.5) is 5.69 Å². The minimum Gasteiger partial charge on any atom is -0.335 e. The first-order valence-corrected chi connectivity index (χ1v) is 8.61. The van der Waals surface area contributed by atoms with Crippen molar-refractivity contribution >= 4 is 44.5 Å². The number of nitriles is 1. The second kappa shape index (κ2) is 7.74. The molecule has 0 radical (unpaired) electrons. The van der Waals surface area contributed by atoms with Gasteiger partial charge in [-0.05, 0) is 30.3 Å². The zero-order valence-corrected chi connectivity index (χ0v) is 15.3. The molecule has 0 bridgehead atoms. The zero-order chi connectivity index (χ0) is 18.5. The van der Waals surface area contributed by atoms with Crippen molar-refractivity contribution in [1.29, 1.82) is 5.26 Å². The number of fused-ring (bicyclic) bond motifs is 1. The third-order valence-corrected chi connectivity index (χ3v) is 4.32. The molecule has 1 N–H and O–H groups in total. The van der Waals surface area contributed by atoms with E-state index in [0.717, 1.165) is 20.9 Å². The van der Waals surface area contributed by atoms with E-state index in [2.05, 4.69) is 27.2 Å². The molecule has 0 saturated carbocycles. The van der Waals surface area contributed by atoms with Gasteiger partial charge < -0.3 is 9.88 Å². The van der Waals surface area contributed by atoms with Crippen LogP contribution in [-0.4, -0.2) is 10.5 Å². The van der Waals surface area contributed by atoms with Crippen LogP contribution in [0.25, 0.3) is 17.0 Å². The molecule has 1 aromatic heterocycles. The number of amides is 1. The van der Waals surface area contributed by atoms with Crippen LogP contribution in [0.5, 0.6) is 0 Å². The summed E-state index contributed by atoms with van der Waals surface area (Å²) in [5.41, 5.74) is 2.37. The lowest BCUT2D eigenvalue weighted by molar-refractivity contribution is -0.112. The summed E-state index contributed by atoms with van der Waals surface area (Å²) in [6.07, 6.45) is 8.87. The number of benzene rings is 2. The van der Waals surface area contributed by atoms with E-state index in [9.17, 15) is 10.1 Å². The van der Waals surface area contributed by atoms with E-state index in [0.29, 0.717) is 12.2 Å². The molecule has 1 heterocycles. The number of rotatable bonds is 4. The van der Waals surface area contributed by atoms with Gasteiger partial charge in [0.05, 0.1) is 6.54 Å². The molecular weight excluding hydrogens is 390 g/mol. The normalized spacial score (nSPS) is 11.0. The van der Waals surface area contributed by atoms with Gasteiger partial charge in [-0.15, -0.1) is 6.42 Å². The summed E-state index contributed by atoms with van der Waals surface area (Å²) in [6, 6.07) is 16.9. The van der Waals surface area contributed by atoms with Gasteiger partial charge in [-0.3, -0.25) is 4.79 Å². The van der Waals surface area contributed by atoms with Crippen LogP contribution < -0.4 is 5.32 Å². The molecule has 5 heteroatoms. The Morgan fingerprint density at radius 3 is 2.81 bits per heavy atom.